The van der Waals surface area contributed by atoms with Crippen molar-refractivity contribution in [1.82, 2.24) is 20.5 Å². The summed E-state index contributed by atoms with van der Waals surface area (Å²) >= 11 is 0. The molecule has 2 aromatic rings. The fourth-order valence-corrected chi connectivity index (χ4v) is 3.72. The number of aromatic nitrogens is 1. The second kappa shape index (κ2) is 11.7. The van der Waals surface area contributed by atoms with Gasteiger partial charge in [0.15, 0.2) is 5.96 Å². The van der Waals surface area contributed by atoms with Gasteiger partial charge in [-0.15, -0.1) is 0 Å². The molecule has 1 aromatic carbocycles. The van der Waals surface area contributed by atoms with Crippen LogP contribution in [0.2, 0.25) is 0 Å². The molecule has 1 aliphatic rings. The van der Waals surface area contributed by atoms with Gasteiger partial charge in [0, 0.05) is 52.5 Å². The van der Waals surface area contributed by atoms with Crippen LogP contribution in [0.4, 0.5) is 5.82 Å². The Morgan fingerprint density at radius 1 is 1.00 bits per heavy atom. The van der Waals surface area contributed by atoms with Crippen molar-refractivity contribution >= 4 is 11.8 Å². The van der Waals surface area contributed by atoms with Crippen LogP contribution in [-0.2, 0) is 13.0 Å². The summed E-state index contributed by atoms with van der Waals surface area (Å²) in [5.41, 5.74) is 3.95. The lowest BCUT2D eigenvalue weighted by atomic mass is 10.0. The highest BCUT2D eigenvalue weighted by Crippen LogP contribution is 2.15. The molecule has 0 bridgehead atoms. The van der Waals surface area contributed by atoms with Gasteiger partial charge in [-0.2, -0.15) is 0 Å². The van der Waals surface area contributed by atoms with E-state index in [0.29, 0.717) is 12.5 Å². The predicted octanol–water partition coefficient (Wildman–Crippen LogP) is 3.25. The minimum absolute atomic E-state index is 0.586. The van der Waals surface area contributed by atoms with Crippen molar-refractivity contribution in [2.24, 2.45) is 4.99 Å². The summed E-state index contributed by atoms with van der Waals surface area (Å²) in [4.78, 5) is 13.7. The van der Waals surface area contributed by atoms with Crippen LogP contribution in [0, 0.1) is 0 Å². The molecule has 6 nitrogen and oxygen atoms in total. The number of anilines is 1. The van der Waals surface area contributed by atoms with E-state index in [1.54, 1.807) is 0 Å². The maximum atomic E-state index is 4.66. The maximum absolute atomic E-state index is 4.66. The molecule has 168 valence electrons. The van der Waals surface area contributed by atoms with E-state index in [9.17, 15) is 0 Å². The topological polar surface area (TPSA) is 55.8 Å². The van der Waals surface area contributed by atoms with Crippen LogP contribution in [0.1, 0.15) is 42.9 Å². The van der Waals surface area contributed by atoms with E-state index < -0.39 is 0 Å². The number of nitrogens with one attached hydrogen (secondary N) is 2. The molecule has 0 spiro atoms. The van der Waals surface area contributed by atoms with Gasteiger partial charge in [-0.3, -0.25) is 4.99 Å². The van der Waals surface area contributed by atoms with E-state index in [4.69, 9.17) is 0 Å². The normalized spacial score (nSPS) is 15.4. The van der Waals surface area contributed by atoms with E-state index in [1.165, 1.54) is 11.1 Å². The molecule has 2 heterocycles. The average Bonchev–Trinajstić information content (AvgIpc) is 2.80. The standard InChI is InChI=1S/C25H38N6/c1-20(2)23-10-7-21(8-11-23)6-5-13-27-25(26-3)29-19-22-9-12-24(28-18-22)31-16-14-30(4)15-17-31/h7-12,18,20H,5-6,13-17,19H2,1-4H3,(H2,26,27,29). The molecule has 1 saturated heterocycles. The van der Waals surface area contributed by atoms with Gasteiger partial charge in [0.05, 0.1) is 0 Å². The highest BCUT2D eigenvalue weighted by atomic mass is 15.3. The molecule has 0 aliphatic carbocycles. The van der Waals surface area contributed by atoms with E-state index in [2.05, 4.69) is 87.7 Å². The number of guanidine groups is 1. The zero-order chi connectivity index (χ0) is 22.1. The number of piperazine rings is 1. The van der Waals surface area contributed by atoms with E-state index in [0.717, 1.165) is 62.9 Å². The van der Waals surface area contributed by atoms with Crippen molar-refractivity contribution in [2.75, 3.05) is 51.7 Å². The molecule has 0 atom stereocenters. The van der Waals surface area contributed by atoms with Gasteiger partial charge in [-0.1, -0.05) is 44.2 Å². The monoisotopic (exact) mass is 422 g/mol. The number of nitrogens with zero attached hydrogens (tertiary/aromatic N) is 4. The Balaban J connectivity index is 1.37. The number of aryl methyl sites for hydroxylation is 1. The van der Waals surface area contributed by atoms with Gasteiger partial charge in [0.2, 0.25) is 0 Å². The fraction of sp³-hybridized carbons (Fsp3) is 0.520. The molecule has 3 rings (SSSR count). The molecule has 31 heavy (non-hydrogen) atoms. The summed E-state index contributed by atoms with van der Waals surface area (Å²) in [6.07, 6.45) is 4.11. The van der Waals surface area contributed by atoms with Gasteiger partial charge in [-0.05, 0) is 48.6 Å². The van der Waals surface area contributed by atoms with Gasteiger partial charge < -0.3 is 20.4 Å². The zero-order valence-electron chi connectivity index (χ0n) is 19.6. The predicted molar refractivity (Wildman–Crippen MR) is 131 cm³/mol. The molecule has 1 aromatic heterocycles. The molecule has 0 amide bonds. The Bertz CT molecular complexity index is 805. The van der Waals surface area contributed by atoms with E-state index in [1.807, 2.05) is 13.2 Å². The number of pyridine rings is 1. The molecule has 0 unspecified atom stereocenters. The number of likely N-dealkylation sites (N-methyl/N-ethyl adjacent to an activating group) is 1. The molecule has 1 fully saturated rings. The summed E-state index contributed by atoms with van der Waals surface area (Å²) in [5, 5.41) is 6.80. The Labute approximate surface area is 187 Å². The first-order valence-corrected chi connectivity index (χ1v) is 11.5. The SMILES string of the molecule is CN=C(NCCCc1ccc(C(C)C)cc1)NCc1ccc(N2CCN(C)CC2)nc1. The van der Waals surface area contributed by atoms with Crippen molar-refractivity contribution in [1.29, 1.82) is 0 Å². The molecule has 1 aliphatic heterocycles. The van der Waals surface area contributed by atoms with Crippen LogP contribution in [0.3, 0.4) is 0 Å². The summed E-state index contributed by atoms with van der Waals surface area (Å²) in [6, 6.07) is 13.3. The smallest absolute Gasteiger partial charge is 0.191 e. The third-order valence-electron chi connectivity index (χ3n) is 5.90. The van der Waals surface area contributed by atoms with Crippen LogP contribution in [0.15, 0.2) is 47.6 Å². The first-order chi connectivity index (χ1) is 15.0. The highest BCUT2D eigenvalue weighted by Gasteiger charge is 2.14. The lowest BCUT2D eigenvalue weighted by Crippen LogP contribution is -2.44. The van der Waals surface area contributed by atoms with Gasteiger partial charge in [0.1, 0.15) is 5.82 Å². The Morgan fingerprint density at radius 3 is 2.32 bits per heavy atom. The third kappa shape index (κ3) is 7.24. The van der Waals surface area contributed by atoms with Crippen LogP contribution in [0.25, 0.3) is 0 Å². The fourth-order valence-electron chi connectivity index (χ4n) is 3.72. The number of benzene rings is 1. The molecular formula is C25H38N6. The van der Waals surface area contributed by atoms with Crippen LogP contribution < -0.4 is 15.5 Å². The Hall–Kier alpha value is -2.60. The quantitative estimate of drug-likeness (QED) is 0.389. The van der Waals surface area contributed by atoms with Crippen molar-refractivity contribution in [3.63, 3.8) is 0 Å². The Kier molecular flexibility index (Phi) is 8.71. The lowest BCUT2D eigenvalue weighted by molar-refractivity contribution is 0.312. The molecule has 6 heteroatoms. The van der Waals surface area contributed by atoms with Crippen LogP contribution in [-0.4, -0.2) is 62.7 Å². The Morgan fingerprint density at radius 2 is 1.71 bits per heavy atom. The van der Waals surface area contributed by atoms with Crippen molar-refractivity contribution in [3.05, 3.63) is 59.3 Å². The summed E-state index contributed by atoms with van der Waals surface area (Å²) in [5.74, 6) is 2.49. The number of aliphatic imine (C=N–C) groups is 1. The first kappa shape index (κ1) is 23.1. The van der Waals surface area contributed by atoms with E-state index >= 15 is 0 Å². The summed E-state index contributed by atoms with van der Waals surface area (Å²) in [7, 11) is 3.99. The van der Waals surface area contributed by atoms with Gasteiger partial charge in [-0.25, -0.2) is 4.98 Å². The van der Waals surface area contributed by atoms with Crippen molar-refractivity contribution < 1.29 is 0 Å². The first-order valence-electron chi connectivity index (χ1n) is 11.5. The summed E-state index contributed by atoms with van der Waals surface area (Å²) in [6.45, 7) is 10.3. The molecule has 0 saturated carbocycles. The maximum Gasteiger partial charge on any atom is 0.191 e. The number of rotatable bonds is 8. The largest absolute Gasteiger partial charge is 0.356 e. The third-order valence-corrected chi connectivity index (χ3v) is 5.90. The second-order valence-electron chi connectivity index (χ2n) is 8.67. The molecule has 2 N–H and O–H groups in total. The van der Waals surface area contributed by atoms with Crippen LogP contribution in [0.5, 0.6) is 0 Å². The van der Waals surface area contributed by atoms with Gasteiger partial charge in [0.25, 0.3) is 0 Å². The average molecular weight is 423 g/mol. The number of hydrogen-bond donors (Lipinski definition) is 2. The summed E-state index contributed by atoms with van der Waals surface area (Å²) < 4.78 is 0. The molecular weight excluding hydrogens is 384 g/mol. The van der Waals surface area contributed by atoms with Gasteiger partial charge >= 0.3 is 0 Å². The van der Waals surface area contributed by atoms with Crippen LogP contribution >= 0.6 is 0 Å². The minimum atomic E-state index is 0.586. The lowest BCUT2D eigenvalue weighted by Gasteiger charge is -2.33. The van der Waals surface area contributed by atoms with Crippen molar-refractivity contribution in [2.45, 2.75) is 39.2 Å². The van der Waals surface area contributed by atoms with Crippen molar-refractivity contribution in [3.8, 4) is 0 Å². The van der Waals surface area contributed by atoms with E-state index in [-0.39, 0.29) is 0 Å². The zero-order valence-corrected chi connectivity index (χ0v) is 19.6. The second-order valence-corrected chi connectivity index (χ2v) is 8.67. The number of hydrogen-bond acceptors (Lipinski definition) is 4. The highest BCUT2D eigenvalue weighted by molar-refractivity contribution is 5.79. The molecule has 0 radical (unpaired) electrons. The minimum Gasteiger partial charge on any atom is -0.356 e.